The molecule has 0 amide bonds. The largest absolute Gasteiger partial charge is 0.391 e. The molecule has 1 atom stereocenters. The number of nitrogens with zero attached hydrogens (tertiary/aromatic N) is 1. The van der Waals surface area contributed by atoms with Crippen LogP contribution >= 0.6 is 0 Å². The van der Waals surface area contributed by atoms with E-state index < -0.39 is 6.10 Å². The summed E-state index contributed by atoms with van der Waals surface area (Å²) < 4.78 is 0. The van der Waals surface area contributed by atoms with Gasteiger partial charge in [0.05, 0.1) is 17.1 Å². The van der Waals surface area contributed by atoms with Gasteiger partial charge in [-0.3, -0.25) is 0 Å². The Labute approximate surface area is 107 Å². The van der Waals surface area contributed by atoms with Crippen LogP contribution in [0.4, 0.5) is 0 Å². The fraction of sp³-hybridized carbons (Fsp3) is 0.500. The standard InChI is InChI=1S/C14H21N3O/c1-14(2,3)15-9-10(18)8-13-16-11-6-4-5-7-12(11)17-13/h4-7,10,15,18H,8-9H2,1-3H3,(H,16,17). The minimum Gasteiger partial charge on any atom is -0.391 e. The Morgan fingerprint density at radius 2 is 2.06 bits per heavy atom. The quantitative estimate of drug-likeness (QED) is 0.772. The highest BCUT2D eigenvalue weighted by Crippen LogP contribution is 2.11. The summed E-state index contributed by atoms with van der Waals surface area (Å²) in [7, 11) is 0. The van der Waals surface area contributed by atoms with E-state index in [0.29, 0.717) is 13.0 Å². The summed E-state index contributed by atoms with van der Waals surface area (Å²) in [6.07, 6.45) is 0.113. The van der Waals surface area contributed by atoms with Gasteiger partial charge in [-0.05, 0) is 32.9 Å². The van der Waals surface area contributed by atoms with Gasteiger partial charge in [0.1, 0.15) is 5.82 Å². The summed E-state index contributed by atoms with van der Waals surface area (Å²) in [5, 5.41) is 13.3. The lowest BCUT2D eigenvalue weighted by Crippen LogP contribution is -2.41. The van der Waals surface area contributed by atoms with Crippen molar-refractivity contribution < 1.29 is 5.11 Å². The second-order valence-electron chi connectivity index (χ2n) is 5.69. The Hall–Kier alpha value is -1.39. The molecule has 1 heterocycles. The molecule has 0 aliphatic rings. The first kappa shape index (κ1) is 13.1. The molecule has 18 heavy (non-hydrogen) atoms. The van der Waals surface area contributed by atoms with E-state index in [1.807, 2.05) is 24.3 Å². The van der Waals surface area contributed by atoms with Crippen LogP contribution in [0, 0.1) is 0 Å². The first-order chi connectivity index (χ1) is 8.44. The first-order valence-electron chi connectivity index (χ1n) is 6.31. The molecule has 1 aromatic carbocycles. The third kappa shape index (κ3) is 3.55. The number of aliphatic hydroxyl groups excluding tert-OH is 1. The van der Waals surface area contributed by atoms with Gasteiger partial charge >= 0.3 is 0 Å². The van der Waals surface area contributed by atoms with Crippen LogP contribution in [0.15, 0.2) is 24.3 Å². The van der Waals surface area contributed by atoms with Gasteiger partial charge < -0.3 is 15.4 Å². The Kier molecular flexibility index (Phi) is 3.68. The molecule has 2 rings (SSSR count). The smallest absolute Gasteiger partial charge is 0.109 e. The van der Waals surface area contributed by atoms with Gasteiger partial charge in [-0.25, -0.2) is 4.98 Å². The lowest BCUT2D eigenvalue weighted by molar-refractivity contribution is 0.159. The Morgan fingerprint density at radius 3 is 2.72 bits per heavy atom. The van der Waals surface area contributed by atoms with Crippen LogP contribution < -0.4 is 5.32 Å². The van der Waals surface area contributed by atoms with E-state index in [1.165, 1.54) is 0 Å². The third-order valence-corrected chi connectivity index (χ3v) is 2.74. The molecule has 0 aliphatic heterocycles. The SMILES string of the molecule is CC(C)(C)NCC(O)Cc1nc2ccccc2[nH]1. The number of rotatable bonds is 4. The van der Waals surface area contributed by atoms with E-state index in [4.69, 9.17) is 0 Å². The molecular weight excluding hydrogens is 226 g/mol. The van der Waals surface area contributed by atoms with E-state index >= 15 is 0 Å². The number of H-pyrrole nitrogens is 1. The van der Waals surface area contributed by atoms with Crippen molar-refractivity contribution in [3.63, 3.8) is 0 Å². The predicted octanol–water partition coefficient (Wildman–Crippen LogP) is 1.85. The van der Waals surface area contributed by atoms with E-state index in [2.05, 4.69) is 36.1 Å². The van der Waals surface area contributed by atoms with Crippen molar-refractivity contribution in [2.45, 2.75) is 38.8 Å². The number of hydrogen-bond donors (Lipinski definition) is 3. The second kappa shape index (κ2) is 5.08. The summed E-state index contributed by atoms with van der Waals surface area (Å²) in [5.74, 6) is 0.833. The van der Waals surface area contributed by atoms with E-state index in [-0.39, 0.29) is 5.54 Å². The number of hydrogen-bond acceptors (Lipinski definition) is 3. The van der Waals surface area contributed by atoms with Crippen molar-refractivity contribution in [2.75, 3.05) is 6.54 Å². The van der Waals surface area contributed by atoms with Gasteiger partial charge in [0.15, 0.2) is 0 Å². The number of imidazole rings is 1. The van der Waals surface area contributed by atoms with E-state index in [0.717, 1.165) is 16.9 Å². The highest BCUT2D eigenvalue weighted by atomic mass is 16.3. The Balaban J connectivity index is 1.96. The first-order valence-corrected chi connectivity index (χ1v) is 6.31. The molecule has 3 N–H and O–H groups in total. The zero-order valence-corrected chi connectivity index (χ0v) is 11.2. The number of aliphatic hydroxyl groups is 1. The lowest BCUT2D eigenvalue weighted by Gasteiger charge is -2.22. The van der Waals surface area contributed by atoms with Crippen molar-refractivity contribution in [1.82, 2.24) is 15.3 Å². The maximum absolute atomic E-state index is 9.97. The van der Waals surface area contributed by atoms with Gasteiger partial charge in [0.2, 0.25) is 0 Å². The summed E-state index contributed by atoms with van der Waals surface area (Å²) in [6, 6.07) is 7.90. The Morgan fingerprint density at radius 1 is 1.33 bits per heavy atom. The van der Waals surface area contributed by atoms with Gasteiger partial charge in [-0.1, -0.05) is 12.1 Å². The zero-order chi connectivity index (χ0) is 13.2. The van der Waals surface area contributed by atoms with Crippen LogP contribution in [0.5, 0.6) is 0 Å². The molecule has 0 saturated carbocycles. The molecule has 0 radical (unpaired) electrons. The minimum atomic E-state index is -0.426. The highest BCUT2D eigenvalue weighted by molar-refractivity contribution is 5.74. The molecule has 1 unspecified atom stereocenters. The molecule has 0 saturated heterocycles. The number of aromatic nitrogens is 2. The molecule has 4 nitrogen and oxygen atoms in total. The molecule has 2 aromatic rings. The molecule has 4 heteroatoms. The van der Waals surface area contributed by atoms with Gasteiger partial charge in [-0.2, -0.15) is 0 Å². The zero-order valence-electron chi connectivity index (χ0n) is 11.2. The molecule has 1 aromatic heterocycles. The number of para-hydroxylation sites is 2. The maximum atomic E-state index is 9.97. The third-order valence-electron chi connectivity index (χ3n) is 2.74. The number of fused-ring (bicyclic) bond motifs is 1. The van der Waals surface area contributed by atoms with Crippen LogP contribution in [-0.4, -0.2) is 33.3 Å². The maximum Gasteiger partial charge on any atom is 0.109 e. The van der Waals surface area contributed by atoms with Gasteiger partial charge in [0, 0.05) is 18.5 Å². The number of nitrogens with one attached hydrogen (secondary N) is 2. The second-order valence-corrected chi connectivity index (χ2v) is 5.69. The van der Waals surface area contributed by atoms with Crippen LogP contribution in [-0.2, 0) is 6.42 Å². The molecule has 98 valence electrons. The van der Waals surface area contributed by atoms with Crippen molar-refractivity contribution >= 4 is 11.0 Å². The summed E-state index contributed by atoms with van der Waals surface area (Å²) in [5.41, 5.74) is 1.99. The lowest BCUT2D eigenvalue weighted by atomic mass is 10.1. The summed E-state index contributed by atoms with van der Waals surface area (Å²) in [6.45, 7) is 6.82. The van der Waals surface area contributed by atoms with Crippen LogP contribution in [0.2, 0.25) is 0 Å². The number of β-amino-alcohol motifs (C(OH)–C–C–N with tert-alkyl or cyclic N) is 1. The molecule has 0 bridgehead atoms. The average Bonchev–Trinajstić information content (AvgIpc) is 2.67. The number of benzene rings is 1. The van der Waals surface area contributed by atoms with Crippen molar-refractivity contribution in [1.29, 1.82) is 0 Å². The van der Waals surface area contributed by atoms with Crippen LogP contribution in [0.3, 0.4) is 0 Å². The predicted molar refractivity (Wildman–Crippen MR) is 73.6 cm³/mol. The Bertz CT molecular complexity index is 480. The van der Waals surface area contributed by atoms with E-state index in [1.54, 1.807) is 0 Å². The van der Waals surface area contributed by atoms with Crippen molar-refractivity contribution in [2.24, 2.45) is 0 Å². The van der Waals surface area contributed by atoms with E-state index in [9.17, 15) is 5.11 Å². The summed E-state index contributed by atoms with van der Waals surface area (Å²) >= 11 is 0. The minimum absolute atomic E-state index is 0.0227. The monoisotopic (exact) mass is 247 g/mol. The van der Waals surface area contributed by atoms with Crippen LogP contribution in [0.25, 0.3) is 11.0 Å². The molecule has 0 fully saturated rings. The van der Waals surface area contributed by atoms with Crippen molar-refractivity contribution in [3.8, 4) is 0 Å². The topological polar surface area (TPSA) is 60.9 Å². The fourth-order valence-corrected chi connectivity index (χ4v) is 1.82. The summed E-state index contributed by atoms with van der Waals surface area (Å²) in [4.78, 5) is 7.68. The average molecular weight is 247 g/mol. The van der Waals surface area contributed by atoms with Gasteiger partial charge in [-0.15, -0.1) is 0 Å². The molecular formula is C14H21N3O. The highest BCUT2D eigenvalue weighted by Gasteiger charge is 2.14. The van der Waals surface area contributed by atoms with Crippen molar-refractivity contribution in [3.05, 3.63) is 30.1 Å². The molecule has 0 spiro atoms. The molecule has 0 aliphatic carbocycles. The normalized spacial score (nSPS) is 14.0. The fourth-order valence-electron chi connectivity index (χ4n) is 1.82. The number of aromatic amines is 1. The van der Waals surface area contributed by atoms with Gasteiger partial charge in [0.25, 0.3) is 0 Å². The van der Waals surface area contributed by atoms with Crippen LogP contribution in [0.1, 0.15) is 26.6 Å².